The fourth-order valence-corrected chi connectivity index (χ4v) is 0. The van der Waals surface area contributed by atoms with E-state index in [1.54, 1.807) is 0 Å². The third kappa shape index (κ3) is 27.4. The van der Waals surface area contributed by atoms with E-state index in [0.717, 1.165) is 0 Å². The van der Waals surface area contributed by atoms with E-state index in [1.807, 2.05) is 0 Å². The van der Waals surface area contributed by atoms with Crippen LogP contribution in [0.4, 0.5) is 0 Å². The van der Waals surface area contributed by atoms with E-state index in [-0.39, 0.29) is 102 Å². The minimum atomic E-state index is 0. The van der Waals surface area contributed by atoms with Gasteiger partial charge >= 0.3 is 0 Å². The molecule has 0 rings (SSSR count). The molecule has 0 fully saturated rings. The Kier molecular flexibility index (Phi) is 436. The van der Waals surface area contributed by atoms with E-state index in [4.69, 9.17) is 0 Å². The molecule has 0 bridgehead atoms. The summed E-state index contributed by atoms with van der Waals surface area (Å²) < 4.78 is 0. The van der Waals surface area contributed by atoms with E-state index in [9.17, 15) is 0 Å². The Morgan fingerprint density at radius 3 is 0.333 bits per heavy atom. The van der Waals surface area contributed by atoms with Gasteiger partial charge < -0.3 is 0 Å². The van der Waals surface area contributed by atoms with Crippen molar-refractivity contribution in [3.05, 3.63) is 0 Å². The van der Waals surface area contributed by atoms with Crippen LogP contribution in [-0.4, -0.2) is 69.4 Å². The van der Waals surface area contributed by atoms with Gasteiger partial charge in [-0.25, -0.2) is 0 Å². The van der Waals surface area contributed by atoms with Crippen molar-refractivity contribution < 1.29 is 33.0 Å². The van der Waals surface area contributed by atoms with Crippen molar-refractivity contribution >= 4 is 69.4 Å². The number of hydrogen-bond donors (Lipinski definition) is 0. The fourth-order valence-electron chi connectivity index (χ4n) is 0. The molecule has 44 valence electrons. The SMILES string of the molecule is [AlH3].[AlH3].[AlH3].[AlH3].[Ni].[Ni]. The van der Waals surface area contributed by atoms with E-state index >= 15 is 0 Å². The van der Waals surface area contributed by atoms with Crippen LogP contribution in [0.2, 0.25) is 0 Å². The van der Waals surface area contributed by atoms with Crippen molar-refractivity contribution in [2.24, 2.45) is 0 Å². The van der Waals surface area contributed by atoms with Crippen LogP contribution in [-0.2, 0) is 33.0 Å². The van der Waals surface area contributed by atoms with Crippen LogP contribution in [0.1, 0.15) is 0 Å². The molecule has 0 amide bonds. The van der Waals surface area contributed by atoms with Gasteiger partial charge in [0.2, 0.25) is 0 Å². The molecule has 0 aliphatic carbocycles. The second kappa shape index (κ2) is 42.3. The Morgan fingerprint density at radius 2 is 0.333 bits per heavy atom. The molecule has 0 aliphatic heterocycles. The Balaban J connectivity index is 0. The molecular formula is H12Al4Ni2. The van der Waals surface area contributed by atoms with Gasteiger partial charge in [-0.2, -0.15) is 0 Å². The quantitative estimate of drug-likeness (QED) is 0.371. The first-order chi connectivity index (χ1) is 0. The molecule has 0 saturated heterocycles. The van der Waals surface area contributed by atoms with Crippen LogP contribution in [0.25, 0.3) is 0 Å². The summed E-state index contributed by atoms with van der Waals surface area (Å²) in [7, 11) is 0. The predicted molar refractivity (Wildman–Crippen MR) is 39.8 cm³/mol. The summed E-state index contributed by atoms with van der Waals surface area (Å²) in [6.45, 7) is 0. The van der Waals surface area contributed by atoms with E-state index in [0.29, 0.717) is 0 Å². The third-order valence-electron chi connectivity index (χ3n) is 0. The Bertz CT molecular complexity index is 5.51. The Hall–Kier alpha value is 3.12. The second-order valence-electron chi connectivity index (χ2n) is 0. The zero-order valence-corrected chi connectivity index (χ0v) is 2.61. The average molecular weight is 237 g/mol. The van der Waals surface area contributed by atoms with Gasteiger partial charge in [0.1, 0.15) is 0 Å². The van der Waals surface area contributed by atoms with Crippen molar-refractivity contribution in [2.45, 2.75) is 0 Å². The van der Waals surface area contributed by atoms with Crippen LogP contribution in [0.15, 0.2) is 0 Å². The average Bonchev–Trinajstić information content (AvgIpc) is 0. The molecule has 0 N–H and O–H groups in total. The van der Waals surface area contributed by atoms with Crippen molar-refractivity contribution in [3.8, 4) is 0 Å². The van der Waals surface area contributed by atoms with Gasteiger partial charge in [0, 0.05) is 33.0 Å². The summed E-state index contributed by atoms with van der Waals surface area (Å²) in [5.41, 5.74) is 0. The topological polar surface area (TPSA) is 0 Å². The van der Waals surface area contributed by atoms with Crippen LogP contribution in [0.5, 0.6) is 0 Å². The molecule has 0 aromatic heterocycles. The van der Waals surface area contributed by atoms with Gasteiger partial charge in [-0.3, -0.25) is 0 Å². The zero-order valence-electron chi connectivity index (χ0n) is 0.632. The van der Waals surface area contributed by atoms with E-state index in [2.05, 4.69) is 0 Å². The molecule has 0 unspecified atom stereocenters. The molecule has 0 aromatic carbocycles. The third-order valence-corrected chi connectivity index (χ3v) is 0. The Morgan fingerprint density at radius 1 is 0.333 bits per heavy atom. The second-order valence-corrected chi connectivity index (χ2v) is 0. The normalized spacial score (nSPS) is 0. The molecule has 0 spiro atoms. The van der Waals surface area contributed by atoms with Crippen LogP contribution >= 0.6 is 0 Å². The van der Waals surface area contributed by atoms with Crippen LogP contribution in [0.3, 0.4) is 0 Å². The fraction of sp³-hybridized carbons (Fsp3) is 0. The van der Waals surface area contributed by atoms with E-state index in [1.165, 1.54) is 0 Å². The maximum Gasteiger partial charge on any atom is 0.187 e. The molecule has 0 heterocycles. The zero-order chi connectivity index (χ0) is 0. The summed E-state index contributed by atoms with van der Waals surface area (Å²) in [5, 5.41) is 0. The molecule has 0 radical (unpaired) electrons. The molecule has 0 nitrogen and oxygen atoms in total. The molecule has 0 aromatic rings. The largest absolute Gasteiger partial charge is 0.187 e. The standard InChI is InChI=1S/4Al.2Ni.12H. The minimum Gasteiger partial charge on any atom is 0 e. The first kappa shape index (κ1) is 61.8. The summed E-state index contributed by atoms with van der Waals surface area (Å²) >= 11 is 0. The molecule has 0 atom stereocenters. The first-order valence-corrected chi connectivity index (χ1v) is 0. The van der Waals surface area contributed by atoms with E-state index < -0.39 is 0 Å². The molecular weight excluding hydrogens is 225 g/mol. The molecule has 0 saturated carbocycles. The predicted octanol–water partition coefficient (Wildman–Crippen LogP) is -4.74. The number of rotatable bonds is 0. The monoisotopic (exact) mass is 236 g/mol. The summed E-state index contributed by atoms with van der Waals surface area (Å²) in [6, 6.07) is 0. The summed E-state index contributed by atoms with van der Waals surface area (Å²) in [5.74, 6) is 0. The van der Waals surface area contributed by atoms with Gasteiger partial charge in [0.15, 0.2) is 69.4 Å². The van der Waals surface area contributed by atoms with Crippen molar-refractivity contribution in [1.29, 1.82) is 0 Å². The van der Waals surface area contributed by atoms with Gasteiger partial charge in [-0.05, 0) is 0 Å². The molecule has 6 heavy (non-hydrogen) atoms. The summed E-state index contributed by atoms with van der Waals surface area (Å²) in [4.78, 5) is 0. The van der Waals surface area contributed by atoms with Gasteiger partial charge in [0.05, 0.1) is 0 Å². The minimum absolute atomic E-state index is 0. The maximum absolute atomic E-state index is 0. The molecule has 6 heteroatoms. The van der Waals surface area contributed by atoms with Gasteiger partial charge in [-0.15, -0.1) is 0 Å². The first-order valence-electron chi connectivity index (χ1n) is 0. The van der Waals surface area contributed by atoms with Gasteiger partial charge in [-0.1, -0.05) is 0 Å². The Labute approximate surface area is 101 Å². The van der Waals surface area contributed by atoms with Crippen LogP contribution < -0.4 is 0 Å². The maximum atomic E-state index is 0. The summed E-state index contributed by atoms with van der Waals surface area (Å²) in [6.07, 6.45) is 0. The van der Waals surface area contributed by atoms with Crippen LogP contribution in [0, 0.1) is 0 Å². The van der Waals surface area contributed by atoms with Gasteiger partial charge in [0.25, 0.3) is 0 Å². The van der Waals surface area contributed by atoms with Crippen molar-refractivity contribution in [1.82, 2.24) is 0 Å². The van der Waals surface area contributed by atoms with Crippen molar-refractivity contribution in [2.75, 3.05) is 0 Å². The number of hydrogen-bond acceptors (Lipinski definition) is 0. The molecule has 0 aliphatic rings. The smallest absolute Gasteiger partial charge is 0 e. The van der Waals surface area contributed by atoms with Crippen molar-refractivity contribution in [3.63, 3.8) is 0 Å².